The Morgan fingerprint density at radius 1 is 1.16 bits per heavy atom. The molecular formula is C16H23N3. The SMILES string of the molecule is CCNC(c1cc(C)cc(C)c1)c1ccnn1CC. The molecule has 3 nitrogen and oxygen atoms in total. The van der Waals surface area contributed by atoms with Gasteiger partial charge in [-0.1, -0.05) is 36.2 Å². The summed E-state index contributed by atoms with van der Waals surface area (Å²) in [4.78, 5) is 0. The van der Waals surface area contributed by atoms with Crippen LogP contribution in [0.25, 0.3) is 0 Å². The minimum Gasteiger partial charge on any atom is -0.305 e. The highest BCUT2D eigenvalue weighted by molar-refractivity contribution is 5.34. The molecule has 0 saturated heterocycles. The van der Waals surface area contributed by atoms with Crippen LogP contribution in [0.2, 0.25) is 0 Å². The third kappa shape index (κ3) is 3.04. The molecule has 2 aromatic rings. The topological polar surface area (TPSA) is 29.9 Å². The second-order valence-electron chi connectivity index (χ2n) is 4.98. The highest BCUT2D eigenvalue weighted by Crippen LogP contribution is 2.24. The van der Waals surface area contributed by atoms with Gasteiger partial charge in [0, 0.05) is 12.7 Å². The van der Waals surface area contributed by atoms with Crippen LogP contribution in [0.3, 0.4) is 0 Å². The van der Waals surface area contributed by atoms with Gasteiger partial charge in [0.25, 0.3) is 0 Å². The Balaban J connectivity index is 2.45. The second-order valence-corrected chi connectivity index (χ2v) is 4.98. The van der Waals surface area contributed by atoms with Crippen LogP contribution >= 0.6 is 0 Å². The average molecular weight is 257 g/mol. The van der Waals surface area contributed by atoms with Crippen molar-refractivity contribution in [2.45, 2.75) is 40.3 Å². The molecule has 0 spiro atoms. The van der Waals surface area contributed by atoms with Gasteiger partial charge in [-0.2, -0.15) is 5.10 Å². The van der Waals surface area contributed by atoms with Crippen LogP contribution < -0.4 is 5.32 Å². The maximum Gasteiger partial charge on any atom is 0.0748 e. The number of hydrogen-bond donors (Lipinski definition) is 1. The molecule has 1 heterocycles. The molecule has 1 aromatic heterocycles. The third-order valence-electron chi connectivity index (χ3n) is 3.33. The van der Waals surface area contributed by atoms with Crippen molar-refractivity contribution >= 4 is 0 Å². The van der Waals surface area contributed by atoms with Crippen LogP contribution in [0, 0.1) is 13.8 Å². The highest BCUT2D eigenvalue weighted by atomic mass is 15.3. The largest absolute Gasteiger partial charge is 0.305 e. The summed E-state index contributed by atoms with van der Waals surface area (Å²) in [5.74, 6) is 0. The van der Waals surface area contributed by atoms with Crippen molar-refractivity contribution in [2.75, 3.05) is 6.54 Å². The molecule has 0 aliphatic carbocycles. The van der Waals surface area contributed by atoms with E-state index < -0.39 is 0 Å². The monoisotopic (exact) mass is 257 g/mol. The summed E-state index contributed by atoms with van der Waals surface area (Å²) in [6, 6.07) is 9.05. The lowest BCUT2D eigenvalue weighted by Gasteiger charge is -2.20. The summed E-state index contributed by atoms with van der Waals surface area (Å²) in [5.41, 5.74) is 5.16. The van der Waals surface area contributed by atoms with Crippen molar-refractivity contribution in [1.29, 1.82) is 0 Å². The Kier molecular flexibility index (Phi) is 4.38. The van der Waals surface area contributed by atoms with E-state index in [1.807, 2.05) is 6.20 Å². The quantitative estimate of drug-likeness (QED) is 0.891. The van der Waals surface area contributed by atoms with Crippen LogP contribution in [0.1, 0.15) is 42.3 Å². The van der Waals surface area contributed by atoms with E-state index in [9.17, 15) is 0 Å². The first-order valence-corrected chi connectivity index (χ1v) is 6.99. The predicted octanol–water partition coefficient (Wildman–Crippen LogP) is 3.22. The molecule has 2 rings (SSSR count). The number of hydrogen-bond acceptors (Lipinski definition) is 2. The smallest absolute Gasteiger partial charge is 0.0748 e. The zero-order valence-electron chi connectivity index (χ0n) is 12.3. The normalized spacial score (nSPS) is 12.6. The van der Waals surface area contributed by atoms with Crippen molar-refractivity contribution in [3.05, 3.63) is 52.8 Å². The summed E-state index contributed by atoms with van der Waals surface area (Å²) in [5, 5.41) is 7.95. The molecule has 1 atom stereocenters. The van der Waals surface area contributed by atoms with Crippen LogP contribution in [0.15, 0.2) is 30.5 Å². The fraction of sp³-hybridized carbons (Fsp3) is 0.438. The van der Waals surface area contributed by atoms with Gasteiger partial charge in [0.05, 0.1) is 11.7 Å². The first-order valence-electron chi connectivity index (χ1n) is 6.99. The fourth-order valence-electron chi connectivity index (χ4n) is 2.63. The lowest BCUT2D eigenvalue weighted by atomic mass is 9.99. The average Bonchev–Trinajstić information content (AvgIpc) is 2.82. The number of aromatic nitrogens is 2. The zero-order chi connectivity index (χ0) is 13.8. The van der Waals surface area contributed by atoms with E-state index in [2.05, 4.69) is 67.1 Å². The molecule has 102 valence electrons. The van der Waals surface area contributed by atoms with Crippen LogP contribution in [0.4, 0.5) is 0 Å². The van der Waals surface area contributed by atoms with Gasteiger partial charge in [-0.25, -0.2) is 0 Å². The van der Waals surface area contributed by atoms with Gasteiger partial charge in [-0.3, -0.25) is 4.68 Å². The minimum atomic E-state index is 0.214. The molecule has 0 amide bonds. The summed E-state index contributed by atoms with van der Waals surface area (Å²) in [6.45, 7) is 10.4. The summed E-state index contributed by atoms with van der Waals surface area (Å²) >= 11 is 0. The maximum atomic E-state index is 4.38. The summed E-state index contributed by atoms with van der Waals surface area (Å²) in [6.07, 6.45) is 1.88. The molecule has 0 fully saturated rings. The van der Waals surface area contributed by atoms with E-state index in [-0.39, 0.29) is 6.04 Å². The molecule has 0 saturated carbocycles. The van der Waals surface area contributed by atoms with Crippen molar-refractivity contribution in [3.8, 4) is 0 Å². The minimum absolute atomic E-state index is 0.214. The Morgan fingerprint density at radius 3 is 2.42 bits per heavy atom. The van der Waals surface area contributed by atoms with Crippen molar-refractivity contribution in [3.63, 3.8) is 0 Å². The number of aryl methyl sites for hydroxylation is 3. The lowest BCUT2D eigenvalue weighted by Crippen LogP contribution is -2.25. The van der Waals surface area contributed by atoms with Crippen LogP contribution in [0.5, 0.6) is 0 Å². The second kappa shape index (κ2) is 6.02. The molecule has 0 bridgehead atoms. The van der Waals surface area contributed by atoms with Gasteiger partial charge in [-0.15, -0.1) is 0 Å². The number of rotatable bonds is 5. The first-order chi connectivity index (χ1) is 9.15. The fourth-order valence-corrected chi connectivity index (χ4v) is 2.63. The Bertz CT molecular complexity index is 522. The Morgan fingerprint density at radius 2 is 1.84 bits per heavy atom. The third-order valence-corrected chi connectivity index (χ3v) is 3.33. The van der Waals surface area contributed by atoms with Gasteiger partial charge < -0.3 is 5.32 Å². The molecule has 1 unspecified atom stereocenters. The van der Waals surface area contributed by atoms with Gasteiger partial charge in [0.2, 0.25) is 0 Å². The summed E-state index contributed by atoms with van der Waals surface area (Å²) in [7, 11) is 0. The van der Waals surface area contributed by atoms with E-state index in [0.29, 0.717) is 0 Å². The molecule has 0 aliphatic rings. The van der Waals surface area contributed by atoms with Gasteiger partial charge in [0.1, 0.15) is 0 Å². The van der Waals surface area contributed by atoms with E-state index in [1.54, 1.807) is 0 Å². The number of nitrogens with zero attached hydrogens (tertiary/aromatic N) is 2. The highest BCUT2D eigenvalue weighted by Gasteiger charge is 2.17. The lowest BCUT2D eigenvalue weighted by molar-refractivity contribution is 0.542. The van der Waals surface area contributed by atoms with Gasteiger partial charge in [0.15, 0.2) is 0 Å². The van der Waals surface area contributed by atoms with E-state index in [4.69, 9.17) is 0 Å². The molecule has 19 heavy (non-hydrogen) atoms. The summed E-state index contributed by atoms with van der Waals surface area (Å²) < 4.78 is 2.06. The van der Waals surface area contributed by atoms with Crippen LogP contribution in [-0.2, 0) is 6.54 Å². The van der Waals surface area contributed by atoms with Crippen molar-refractivity contribution in [2.24, 2.45) is 0 Å². The zero-order valence-corrected chi connectivity index (χ0v) is 12.3. The number of nitrogens with one attached hydrogen (secondary N) is 1. The number of benzene rings is 1. The standard InChI is InChI=1S/C16H23N3/c1-5-17-16(15-7-8-18-19(15)6-2)14-10-12(3)9-13(4)11-14/h7-11,16-17H,5-6H2,1-4H3. The molecule has 0 radical (unpaired) electrons. The molecular weight excluding hydrogens is 234 g/mol. The Hall–Kier alpha value is -1.61. The van der Waals surface area contributed by atoms with E-state index in [0.717, 1.165) is 13.1 Å². The van der Waals surface area contributed by atoms with Crippen LogP contribution in [-0.4, -0.2) is 16.3 Å². The predicted molar refractivity (Wildman–Crippen MR) is 79.3 cm³/mol. The van der Waals surface area contributed by atoms with E-state index >= 15 is 0 Å². The molecule has 1 N–H and O–H groups in total. The Labute approximate surface area is 115 Å². The molecule has 3 heteroatoms. The van der Waals surface area contributed by atoms with E-state index in [1.165, 1.54) is 22.4 Å². The first kappa shape index (κ1) is 13.8. The van der Waals surface area contributed by atoms with Gasteiger partial charge in [-0.05, 0) is 38.9 Å². The molecule has 1 aromatic carbocycles. The van der Waals surface area contributed by atoms with Crippen molar-refractivity contribution < 1.29 is 0 Å². The molecule has 0 aliphatic heterocycles. The van der Waals surface area contributed by atoms with Gasteiger partial charge >= 0.3 is 0 Å². The van der Waals surface area contributed by atoms with Crippen molar-refractivity contribution in [1.82, 2.24) is 15.1 Å². The maximum absolute atomic E-state index is 4.38.